The Morgan fingerprint density at radius 1 is 1.33 bits per heavy atom. The van der Waals surface area contributed by atoms with Crippen molar-refractivity contribution in [2.24, 2.45) is 5.92 Å². The van der Waals surface area contributed by atoms with Gasteiger partial charge in [0.05, 0.1) is 6.04 Å². The van der Waals surface area contributed by atoms with E-state index in [0.29, 0.717) is 11.3 Å². The molecule has 2 aliphatic rings. The second kappa shape index (κ2) is 6.80. The molecule has 0 spiro atoms. The molecular weight excluding hydrogens is 244 g/mol. The Balaban J connectivity index is 1.77. The lowest BCUT2D eigenvalue weighted by molar-refractivity contribution is -0.124. The van der Waals surface area contributed by atoms with Gasteiger partial charge in [-0.1, -0.05) is 19.8 Å². The summed E-state index contributed by atoms with van der Waals surface area (Å²) in [5.41, 5.74) is 0. The summed E-state index contributed by atoms with van der Waals surface area (Å²) in [6.07, 6.45) is 9.65. The standard InChI is InChI=1S/C14H26N2OS/c1-10(18-2)9-15-14(17)13-8-7-11-5-3-4-6-12(11)16-13/h10-13,16H,3-9H2,1-2H3,(H,15,17). The van der Waals surface area contributed by atoms with E-state index in [2.05, 4.69) is 23.8 Å². The Morgan fingerprint density at radius 2 is 2.11 bits per heavy atom. The third-order valence-electron chi connectivity index (χ3n) is 4.43. The number of amides is 1. The van der Waals surface area contributed by atoms with E-state index in [4.69, 9.17) is 0 Å². The number of thioether (sulfide) groups is 1. The van der Waals surface area contributed by atoms with Crippen molar-refractivity contribution in [1.82, 2.24) is 10.6 Å². The molecule has 1 aliphatic carbocycles. The number of piperidine rings is 1. The first kappa shape index (κ1) is 14.2. The van der Waals surface area contributed by atoms with Crippen LogP contribution in [0.1, 0.15) is 45.4 Å². The Bertz CT molecular complexity index is 285. The molecule has 2 rings (SSSR count). The summed E-state index contributed by atoms with van der Waals surface area (Å²) >= 11 is 1.80. The number of fused-ring (bicyclic) bond motifs is 1. The van der Waals surface area contributed by atoms with Crippen LogP contribution in [0, 0.1) is 5.92 Å². The van der Waals surface area contributed by atoms with Crippen molar-refractivity contribution in [3.63, 3.8) is 0 Å². The van der Waals surface area contributed by atoms with E-state index < -0.39 is 0 Å². The average Bonchev–Trinajstić information content (AvgIpc) is 2.43. The molecule has 4 atom stereocenters. The van der Waals surface area contributed by atoms with Crippen molar-refractivity contribution in [3.05, 3.63) is 0 Å². The zero-order chi connectivity index (χ0) is 13.0. The molecule has 1 heterocycles. The van der Waals surface area contributed by atoms with Crippen molar-refractivity contribution in [1.29, 1.82) is 0 Å². The van der Waals surface area contributed by atoms with Crippen LogP contribution in [-0.4, -0.2) is 36.0 Å². The fourth-order valence-electron chi connectivity index (χ4n) is 3.15. The van der Waals surface area contributed by atoms with Crippen molar-refractivity contribution in [2.45, 2.75) is 62.8 Å². The van der Waals surface area contributed by atoms with Crippen molar-refractivity contribution in [3.8, 4) is 0 Å². The molecule has 0 radical (unpaired) electrons. The Kier molecular flexibility index (Phi) is 5.37. The molecule has 1 saturated carbocycles. The topological polar surface area (TPSA) is 41.1 Å². The summed E-state index contributed by atoms with van der Waals surface area (Å²) in [6.45, 7) is 2.93. The summed E-state index contributed by atoms with van der Waals surface area (Å²) in [5.74, 6) is 1.04. The second-order valence-corrected chi connectivity index (χ2v) is 7.02. The van der Waals surface area contributed by atoms with Gasteiger partial charge in [-0.05, 0) is 37.9 Å². The molecule has 0 aromatic rings. The minimum atomic E-state index is 0.0541. The lowest BCUT2D eigenvalue weighted by Gasteiger charge is -2.40. The van der Waals surface area contributed by atoms with Crippen molar-refractivity contribution < 1.29 is 4.79 Å². The molecule has 4 unspecified atom stereocenters. The molecule has 2 N–H and O–H groups in total. The maximum Gasteiger partial charge on any atom is 0.237 e. The highest BCUT2D eigenvalue weighted by Gasteiger charge is 2.34. The van der Waals surface area contributed by atoms with Crippen LogP contribution in [0.4, 0.5) is 0 Å². The Morgan fingerprint density at radius 3 is 2.89 bits per heavy atom. The summed E-state index contributed by atoms with van der Waals surface area (Å²) in [4.78, 5) is 12.1. The van der Waals surface area contributed by atoms with Gasteiger partial charge >= 0.3 is 0 Å². The largest absolute Gasteiger partial charge is 0.354 e. The highest BCUT2D eigenvalue weighted by molar-refractivity contribution is 7.99. The minimum absolute atomic E-state index is 0.0541. The fraction of sp³-hybridized carbons (Fsp3) is 0.929. The summed E-state index contributed by atoms with van der Waals surface area (Å²) in [7, 11) is 0. The quantitative estimate of drug-likeness (QED) is 0.822. The zero-order valence-corrected chi connectivity index (χ0v) is 12.4. The SMILES string of the molecule is CSC(C)CNC(=O)C1CCC2CCCCC2N1. The van der Waals surface area contributed by atoms with Crippen LogP contribution in [-0.2, 0) is 4.79 Å². The third kappa shape index (κ3) is 3.64. The number of hydrogen-bond donors (Lipinski definition) is 2. The van der Waals surface area contributed by atoms with Gasteiger partial charge in [0.15, 0.2) is 0 Å². The van der Waals surface area contributed by atoms with Gasteiger partial charge in [-0.3, -0.25) is 4.79 Å². The van der Waals surface area contributed by atoms with Crippen LogP contribution in [0.2, 0.25) is 0 Å². The molecule has 0 bridgehead atoms. The van der Waals surface area contributed by atoms with E-state index in [9.17, 15) is 4.79 Å². The van der Waals surface area contributed by atoms with Gasteiger partial charge in [0, 0.05) is 17.8 Å². The maximum absolute atomic E-state index is 12.1. The summed E-state index contributed by atoms with van der Waals surface area (Å²) in [6, 6.07) is 0.652. The molecule has 3 nitrogen and oxygen atoms in total. The average molecular weight is 270 g/mol. The smallest absolute Gasteiger partial charge is 0.237 e. The van der Waals surface area contributed by atoms with Gasteiger partial charge in [-0.2, -0.15) is 11.8 Å². The first-order valence-corrected chi connectivity index (χ1v) is 8.56. The molecule has 18 heavy (non-hydrogen) atoms. The van der Waals surface area contributed by atoms with Gasteiger partial charge < -0.3 is 10.6 Å². The zero-order valence-electron chi connectivity index (χ0n) is 11.6. The molecule has 0 aromatic heterocycles. The van der Waals surface area contributed by atoms with Gasteiger partial charge in [0.2, 0.25) is 5.91 Å². The number of hydrogen-bond acceptors (Lipinski definition) is 3. The van der Waals surface area contributed by atoms with Gasteiger partial charge in [0.1, 0.15) is 0 Å². The van der Waals surface area contributed by atoms with Gasteiger partial charge in [0.25, 0.3) is 0 Å². The highest BCUT2D eigenvalue weighted by Crippen LogP contribution is 2.32. The number of rotatable bonds is 4. The fourth-order valence-corrected chi connectivity index (χ4v) is 3.40. The number of carbonyl (C=O) groups is 1. The summed E-state index contributed by atoms with van der Waals surface area (Å²) in [5, 5.41) is 7.15. The van der Waals surface area contributed by atoms with E-state index >= 15 is 0 Å². The van der Waals surface area contributed by atoms with Crippen LogP contribution in [0.3, 0.4) is 0 Å². The van der Waals surface area contributed by atoms with Crippen LogP contribution in [0.25, 0.3) is 0 Å². The molecule has 104 valence electrons. The van der Waals surface area contributed by atoms with Crippen LogP contribution in [0.5, 0.6) is 0 Å². The van der Waals surface area contributed by atoms with Crippen LogP contribution < -0.4 is 10.6 Å². The van der Waals surface area contributed by atoms with E-state index in [1.165, 1.54) is 32.1 Å². The molecule has 1 saturated heterocycles. The van der Waals surface area contributed by atoms with E-state index in [1.807, 2.05) is 0 Å². The lowest BCUT2D eigenvalue weighted by Crippen LogP contribution is -2.55. The minimum Gasteiger partial charge on any atom is -0.354 e. The monoisotopic (exact) mass is 270 g/mol. The van der Waals surface area contributed by atoms with E-state index in [-0.39, 0.29) is 11.9 Å². The molecular formula is C14H26N2OS. The predicted octanol–water partition coefficient (Wildman–Crippen LogP) is 2.16. The first-order chi connectivity index (χ1) is 8.70. The van der Waals surface area contributed by atoms with Crippen molar-refractivity contribution >= 4 is 17.7 Å². The van der Waals surface area contributed by atoms with Crippen molar-refractivity contribution in [2.75, 3.05) is 12.8 Å². The Hall–Kier alpha value is -0.220. The first-order valence-electron chi connectivity index (χ1n) is 7.27. The highest BCUT2D eigenvalue weighted by atomic mass is 32.2. The van der Waals surface area contributed by atoms with Crippen LogP contribution in [0.15, 0.2) is 0 Å². The maximum atomic E-state index is 12.1. The van der Waals surface area contributed by atoms with Crippen LogP contribution >= 0.6 is 11.8 Å². The summed E-state index contributed by atoms with van der Waals surface area (Å²) < 4.78 is 0. The van der Waals surface area contributed by atoms with E-state index in [0.717, 1.165) is 18.9 Å². The van der Waals surface area contributed by atoms with Gasteiger partial charge in [-0.25, -0.2) is 0 Å². The number of carbonyl (C=O) groups excluding carboxylic acids is 1. The normalized spacial score (nSPS) is 33.6. The third-order valence-corrected chi connectivity index (χ3v) is 5.40. The molecule has 1 aliphatic heterocycles. The second-order valence-electron chi connectivity index (χ2n) is 5.74. The Labute approximate surface area is 115 Å². The number of nitrogens with one attached hydrogen (secondary N) is 2. The lowest BCUT2D eigenvalue weighted by atomic mass is 9.77. The van der Waals surface area contributed by atoms with Gasteiger partial charge in [-0.15, -0.1) is 0 Å². The predicted molar refractivity (Wildman–Crippen MR) is 77.9 cm³/mol. The van der Waals surface area contributed by atoms with E-state index in [1.54, 1.807) is 11.8 Å². The molecule has 1 amide bonds. The molecule has 4 heteroatoms. The molecule has 0 aromatic carbocycles. The molecule has 2 fully saturated rings.